The van der Waals surface area contributed by atoms with Gasteiger partial charge in [0.05, 0.1) is 13.2 Å². The van der Waals surface area contributed by atoms with Gasteiger partial charge in [-0.15, -0.1) is 23.2 Å². The third-order valence-corrected chi connectivity index (χ3v) is 4.97. The summed E-state index contributed by atoms with van der Waals surface area (Å²) in [4.78, 5) is 23.9. The van der Waals surface area contributed by atoms with Crippen LogP contribution in [0.1, 0.15) is 27.2 Å². The molecule has 1 fully saturated rings. The maximum Gasteiger partial charge on any atom is 0.315 e. The molecular weight excluding hydrogens is 369 g/mol. The molecule has 2 rings (SSSR count). The summed E-state index contributed by atoms with van der Waals surface area (Å²) in [5.74, 6) is 0.0583. The lowest BCUT2D eigenvalue weighted by Crippen LogP contribution is -2.26. The van der Waals surface area contributed by atoms with Gasteiger partial charge in [0, 0.05) is 18.2 Å². The number of amides is 1. The average molecular weight is 390 g/mol. The molecule has 0 unspecified atom stereocenters. The summed E-state index contributed by atoms with van der Waals surface area (Å²) in [5, 5.41) is 2.64. The first-order chi connectivity index (χ1) is 11.7. The number of halogens is 2. The fourth-order valence-corrected chi connectivity index (χ4v) is 2.93. The molecule has 0 heterocycles. The van der Waals surface area contributed by atoms with E-state index < -0.39 is 28.2 Å². The topological polar surface area (TPSA) is 73.9 Å². The van der Waals surface area contributed by atoms with Gasteiger partial charge in [0.2, 0.25) is 0 Å². The average Bonchev–Trinajstić information content (AvgIpc) is 3.07. The molecule has 1 atom stereocenters. The lowest BCUT2D eigenvalue weighted by atomic mass is 10.1. The minimum atomic E-state index is -1.12. The zero-order valence-corrected chi connectivity index (χ0v) is 15.9. The van der Waals surface area contributed by atoms with Crippen LogP contribution in [0.5, 0.6) is 11.5 Å². The van der Waals surface area contributed by atoms with Crippen LogP contribution in [-0.2, 0) is 14.3 Å². The summed E-state index contributed by atoms with van der Waals surface area (Å²) in [6, 6.07) is 5.04. The van der Waals surface area contributed by atoms with Gasteiger partial charge in [-0.05, 0) is 32.9 Å². The Kier molecular flexibility index (Phi) is 6.06. The van der Waals surface area contributed by atoms with E-state index >= 15 is 0 Å². The third kappa shape index (κ3) is 4.50. The number of rotatable bonds is 8. The molecule has 1 aromatic rings. The minimum Gasteiger partial charge on any atom is -0.490 e. The van der Waals surface area contributed by atoms with Crippen LogP contribution in [0, 0.1) is 5.41 Å². The Morgan fingerprint density at radius 1 is 1.16 bits per heavy atom. The summed E-state index contributed by atoms with van der Waals surface area (Å²) in [6.07, 6.45) is 0.306. The van der Waals surface area contributed by atoms with E-state index in [0.29, 0.717) is 36.8 Å². The number of benzene rings is 1. The van der Waals surface area contributed by atoms with Crippen LogP contribution in [0.4, 0.5) is 5.69 Å². The largest absolute Gasteiger partial charge is 0.490 e. The summed E-state index contributed by atoms with van der Waals surface area (Å²) < 4.78 is 14.8. The summed E-state index contributed by atoms with van der Waals surface area (Å²) in [7, 11) is 0. The van der Waals surface area contributed by atoms with Crippen molar-refractivity contribution in [1.82, 2.24) is 0 Å². The number of carbonyl (C=O) groups is 2. The molecule has 6 nitrogen and oxygen atoms in total. The van der Waals surface area contributed by atoms with Crippen molar-refractivity contribution in [2.24, 2.45) is 5.41 Å². The lowest BCUT2D eigenvalue weighted by molar-refractivity contribution is -0.152. The zero-order valence-electron chi connectivity index (χ0n) is 14.4. The van der Waals surface area contributed by atoms with Gasteiger partial charge in [-0.25, -0.2) is 0 Å². The van der Waals surface area contributed by atoms with Crippen molar-refractivity contribution in [3.05, 3.63) is 18.2 Å². The summed E-state index contributed by atoms with van der Waals surface area (Å²) in [5.41, 5.74) is -0.452. The van der Waals surface area contributed by atoms with Crippen LogP contribution < -0.4 is 14.8 Å². The van der Waals surface area contributed by atoms with E-state index in [9.17, 15) is 9.59 Å². The Labute approximate surface area is 156 Å². The van der Waals surface area contributed by atoms with Crippen LogP contribution in [0.25, 0.3) is 0 Å². The monoisotopic (exact) mass is 389 g/mol. The molecule has 138 valence electrons. The molecule has 1 amide bonds. The van der Waals surface area contributed by atoms with E-state index in [1.54, 1.807) is 25.1 Å². The standard InChI is InChI=1S/C17H21Cl2NO5/c1-4-23-12-7-6-11(8-13(12)24-5-2)20-14(21)9-25-15(22)16(3)10-17(16,18)19/h6-8H,4-5,9-10H2,1-3H3,(H,20,21)/t16-/m1/s1. The van der Waals surface area contributed by atoms with Gasteiger partial charge in [-0.3, -0.25) is 9.59 Å². The maximum absolute atomic E-state index is 12.0. The van der Waals surface area contributed by atoms with Crippen LogP contribution in [0.2, 0.25) is 0 Å². The van der Waals surface area contributed by atoms with Crippen molar-refractivity contribution in [2.75, 3.05) is 25.1 Å². The first kappa shape index (κ1) is 19.7. The fraction of sp³-hybridized carbons (Fsp3) is 0.529. The minimum absolute atomic E-state index is 0.306. The Morgan fingerprint density at radius 3 is 2.32 bits per heavy atom. The fourth-order valence-electron chi connectivity index (χ4n) is 2.24. The number of hydrogen-bond donors (Lipinski definition) is 1. The van der Waals surface area contributed by atoms with Gasteiger partial charge in [0.1, 0.15) is 9.75 Å². The molecule has 0 aliphatic heterocycles. The van der Waals surface area contributed by atoms with E-state index in [4.69, 9.17) is 37.4 Å². The van der Waals surface area contributed by atoms with Gasteiger partial charge in [-0.1, -0.05) is 0 Å². The van der Waals surface area contributed by atoms with E-state index in [2.05, 4.69) is 5.32 Å². The molecule has 1 aliphatic carbocycles. The van der Waals surface area contributed by atoms with Crippen LogP contribution >= 0.6 is 23.2 Å². The van der Waals surface area contributed by atoms with Crippen molar-refractivity contribution in [2.45, 2.75) is 31.5 Å². The number of anilines is 1. The van der Waals surface area contributed by atoms with Crippen LogP contribution in [-0.4, -0.2) is 36.0 Å². The highest BCUT2D eigenvalue weighted by atomic mass is 35.5. The normalized spacial score (nSPS) is 20.5. The zero-order chi connectivity index (χ0) is 18.7. The lowest BCUT2D eigenvalue weighted by Gasteiger charge is -2.14. The number of esters is 1. The predicted octanol–water partition coefficient (Wildman–Crippen LogP) is 3.55. The molecular formula is C17H21Cl2NO5. The van der Waals surface area contributed by atoms with Crippen molar-refractivity contribution in [1.29, 1.82) is 0 Å². The van der Waals surface area contributed by atoms with Gasteiger partial charge in [0.15, 0.2) is 18.1 Å². The van der Waals surface area contributed by atoms with Gasteiger partial charge >= 0.3 is 5.97 Å². The highest BCUT2D eigenvalue weighted by molar-refractivity contribution is 6.53. The SMILES string of the molecule is CCOc1ccc(NC(=O)COC(=O)[C@@]2(C)CC2(Cl)Cl)cc1OCC. The second kappa shape index (κ2) is 7.70. The Hall–Kier alpha value is -1.66. The summed E-state index contributed by atoms with van der Waals surface area (Å²) >= 11 is 11.8. The Morgan fingerprint density at radius 2 is 1.76 bits per heavy atom. The van der Waals surface area contributed by atoms with Gasteiger partial charge < -0.3 is 19.5 Å². The molecule has 0 spiro atoms. The predicted molar refractivity (Wildman–Crippen MR) is 95.5 cm³/mol. The first-order valence-corrected chi connectivity index (χ1v) is 8.73. The highest BCUT2D eigenvalue weighted by Gasteiger charge is 2.69. The smallest absolute Gasteiger partial charge is 0.315 e. The third-order valence-electron chi connectivity index (χ3n) is 3.87. The molecule has 1 saturated carbocycles. The van der Waals surface area contributed by atoms with Gasteiger partial charge in [0.25, 0.3) is 5.91 Å². The molecule has 0 aromatic heterocycles. The van der Waals surface area contributed by atoms with Crippen LogP contribution in [0.3, 0.4) is 0 Å². The maximum atomic E-state index is 12.0. The Balaban J connectivity index is 1.92. The van der Waals surface area contributed by atoms with Crippen LogP contribution in [0.15, 0.2) is 18.2 Å². The molecule has 0 saturated heterocycles. The highest BCUT2D eigenvalue weighted by Crippen LogP contribution is 2.64. The van der Waals surface area contributed by atoms with Crippen molar-refractivity contribution < 1.29 is 23.8 Å². The molecule has 0 radical (unpaired) electrons. The first-order valence-electron chi connectivity index (χ1n) is 7.98. The van der Waals surface area contributed by atoms with Crippen molar-refractivity contribution in [3.63, 3.8) is 0 Å². The van der Waals surface area contributed by atoms with E-state index in [-0.39, 0.29) is 0 Å². The van der Waals surface area contributed by atoms with E-state index in [1.165, 1.54) is 0 Å². The number of hydrogen-bond acceptors (Lipinski definition) is 5. The van der Waals surface area contributed by atoms with E-state index in [1.807, 2.05) is 13.8 Å². The van der Waals surface area contributed by atoms with Gasteiger partial charge in [-0.2, -0.15) is 0 Å². The van der Waals surface area contributed by atoms with Crippen molar-refractivity contribution >= 4 is 40.8 Å². The number of ether oxygens (including phenoxy) is 3. The second-order valence-electron chi connectivity index (χ2n) is 5.87. The molecule has 1 aromatic carbocycles. The molecule has 25 heavy (non-hydrogen) atoms. The number of nitrogens with one attached hydrogen (secondary N) is 1. The molecule has 1 N–H and O–H groups in total. The molecule has 0 bridgehead atoms. The number of alkyl halides is 2. The Bertz CT molecular complexity index is 664. The number of carbonyl (C=O) groups excluding carboxylic acids is 2. The molecule has 1 aliphatic rings. The molecule has 8 heteroatoms. The van der Waals surface area contributed by atoms with E-state index in [0.717, 1.165) is 0 Å². The quantitative estimate of drug-likeness (QED) is 0.543. The summed E-state index contributed by atoms with van der Waals surface area (Å²) in [6.45, 7) is 5.88. The second-order valence-corrected chi connectivity index (χ2v) is 7.35. The van der Waals surface area contributed by atoms with Crippen molar-refractivity contribution in [3.8, 4) is 11.5 Å².